The van der Waals surface area contributed by atoms with E-state index >= 15 is 0 Å². The number of Topliss-reactive ketones (excluding diaryl/α,β-unsaturated/α-hetero) is 1. The summed E-state index contributed by atoms with van der Waals surface area (Å²) in [5.74, 6) is 1.44. The molecule has 0 atom stereocenters. The molecule has 8 nitrogen and oxygen atoms in total. The topological polar surface area (TPSA) is 104 Å². The van der Waals surface area contributed by atoms with Gasteiger partial charge in [0.25, 0.3) is 0 Å². The van der Waals surface area contributed by atoms with Crippen molar-refractivity contribution >= 4 is 85.4 Å². The van der Waals surface area contributed by atoms with Crippen LogP contribution in [0.4, 0.5) is 0 Å². The Bertz CT molecular complexity index is 921. The molecule has 2 aromatic rings. The number of thiol groups is 1. The number of hydrogen-bond donors (Lipinski definition) is 2. The van der Waals surface area contributed by atoms with Gasteiger partial charge >= 0.3 is 30.7 Å². The third-order valence-electron chi connectivity index (χ3n) is 3.46. The maximum atomic E-state index is 11.1. The Kier molecular flexibility index (Phi) is 15.2. The first-order valence-electron chi connectivity index (χ1n) is 7.79. The molecule has 2 heterocycles. The number of carboxylic acids is 1. The zero-order valence-corrected chi connectivity index (χ0v) is 22.1. The molecule has 31 heavy (non-hydrogen) atoms. The molecule has 0 bridgehead atoms. The van der Waals surface area contributed by atoms with Crippen molar-refractivity contribution in [1.82, 2.24) is 0 Å². The predicted molar refractivity (Wildman–Crippen MR) is 142 cm³/mol. The van der Waals surface area contributed by atoms with E-state index < -0.39 is 5.97 Å². The van der Waals surface area contributed by atoms with E-state index in [1.165, 1.54) is 19.1 Å². The Morgan fingerprint density at radius 3 is 1.97 bits per heavy atom. The summed E-state index contributed by atoms with van der Waals surface area (Å²) in [7, 11) is 4.34. The second kappa shape index (κ2) is 15.7. The van der Waals surface area contributed by atoms with E-state index in [1.807, 2.05) is 0 Å². The van der Waals surface area contributed by atoms with Crippen LogP contribution in [-0.4, -0.2) is 38.1 Å². The number of nitrogens with zero attached hydrogens (tertiary/aromatic N) is 1. The summed E-state index contributed by atoms with van der Waals surface area (Å²) in [5, 5.41) is 8.62. The van der Waals surface area contributed by atoms with E-state index in [2.05, 4.69) is 77.9 Å². The zero-order valence-electron chi connectivity index (χ0n) is 15.3. The molecule has 1 N–H and O–H groups in total. The Labute approximate surface area is 218 Å². The molecule has 2 aromatic carbocycles. The maximum absolute atomic E-state index is 11.1. The van der Waals surface area contributed by atoms with Crippen molar-refractivity contribution < 1.29 is 33.6 Å². The number of halogens is 3. The standard InChI is InChI=1S/C9H7BrO3.C8H6O4.CH4.BHNS.I2/c1-5(11)6-2-8-9(3-7(6)10)13-4-12-8;9-8(10)5-1-2-6-7(3-5)12-4-11-6;;1-2-3;1-2/h2-3H,4H2,1H3;1-3H,4H2,(H,9,10);1H4;3H;. The normalized spacial score (nSPS) is 11.1. The van der Waals surface area contributed by atoms with Crippen molar-refractivity contribution in [3.05, 3.63) is 45.9 Å². The number of hydrogen-bond acceptors (Lipinski definition) is 8. The summed E-state index contributed by atoms with van der Waals surface area (Å²) < 4.78 is 23.8. The fraction of sp³-hybridized carbons (Fsp3) is 0.222. The molecule has 0 fully saturated rings. The summed E-state index contributed by atoms with van der Waals surface area (Å²) >= 11 is 10.7. The monoisotopic (exact) mass is 736 g/mol. The molecule has 4 rings (SSSR count). The van der Waals surface area contributed by atoms with Gasteiger partial charge in [-0.2, -0.15) is 0 Å². The van der Waals surface area contributed by atoms with E-state index in [4.69, 9.17) is 24.1 Å². The van der Waals surface area contributed by atoms with Gasteiger partial charge in [-0.3, -0.25) is 4.79 Å². The van der Waals surface area contributed by atoms with Crippen molar-refractivity contribution in [2.24, 2.45) is 4.30 Å². The number of aromatic carboxylic acids is 1. The second-order valence-electron chi connectivity index (χ2n) is 5.23. The number of ketones is 1. The van der Waals surface area contributed by atoms with Crippen molar-refractivity contribution in [3.63, 3.8) is 0 Å². The van der Waals surface area contributed by atoms with Gasteiger partial charge in [0.2, 0.25) is 13.6 Å². The Morgan fingerprint density at radius 1 is 1.03 bits per heavy atom. The fourth-order valence-corrected chi connectivity index (χ4v) is 2.82. The van der Waals surface area contributed by atoms with Gasteiger partial charge in [-0.25, -0.2) is 4.79 Å². The molecule has 0 saturated heterocycles. The SMILES string of the molecule is C.CC(=O)c1cc2c(cc1Br)OCO2.II.O=C(O)c1ccc2c(c1)OCO2.[B]=NS. The fourth-order valence-electron chi connectivity index (χ4n) is 2.22. The van der Waals surface area contributed by atoms with Gasteiger partial charge in [0, 0.05) is 47.3 Å². The van der Waals surface area contributed by atoms with Crippen LogP contribution >= 0.6 is 66.0 Å². The molecule has 0 saturated carbocycles. The minimum atomic E-state index is -0.965. The average molecular weight is 737 g/mol. The quantitative estimate of drug-likeness (QED) is 0.167. The van der Waals surface area contributed by atoms with Crippen molar-refractivity contribution in [2.75, 3.05) is 13.6 Å². The van der Waals surface area contributed by atoms with E-state index in [-0.39, 0.29) is 32.4 Å². The molecule has 0 aromatic heterocycles. The van der Waals surface area contributed by atoms with Crippen molar-refractivity contribution in [1.29, 1.82) is 0 Å². The van der Waals surface area contributed by atoms with E-state index in [0.717, 1.165) is 4.47 Å². The number of carbonyl (C=O) groups excluding carboxylic acids is 1. The van der Waals surface area contributed by atoms with Gasteiger partial charge in [-0.05, 0) is 53.2 Å². The van der Waals surface area contributed by atoms with Gasteiger partial charge in [0.1, 0.15) is 0 Å². The number of carbonyl (C=O) groups is 2. The van der Waals surface area contributed by atoms with Crippen LogP contribution in [0.15, 0.2) is 39.1 Å². The van der Waals surface area contributed by atoms with Crippen LogP contribution in [-0.2, 0) is 0 Å². The van der Waals surface area contributed by atoms with Crippen LogP contribution < -0.4 is 18.9 Å². The van der Waals surface area contributed by atoms with Gasteiger partial charge in [0.05, 0.1) is 5.56 Å². The van der Waals surface area contributed by atoms with Gasteiger partial charge < -0.3 is 24.1 Å². The number of ether oxygens (including phenoxy) is 4. The third kappa shape index (κ3) is 9.14. The summed E-state index contributed by atoms with van der Waals surface area (Å²) in [6, 6.07) is 7.96. The number of rotatable bonds is 2. The second-order valence-corrected chi connectivity index (χ2v) is 6.32. The van der Waals surface area contributed by atoms with Gasteiger partial charge in [0.15, 0.2) is 28.8 Å². The van der Waals surface area contributed by atoms with Gasteiger partial charge in [-0.15, -0.1) is 0 Å². The zero-order chi connectivity index (χ0) is 22.7. The van der Waals surface area contributed by atoms with Crippen LogP contribution in [0.5, 0.6) is 23.0 Å². The van der Waals surface area contributed by atoms with Crippen molar-refractivity contribution in [2.45, 2.75) is 14.4 Å². The first-order chi connectivity index (χ1) is 14.4. The van der Waals surface area contributed by atoms with E-state index in [1.54, 1.807) is 18.2 Å². The molecular weight excluding hydrogens is 719 g/mol. The van der Waals surface area contributed by atoms with Crippen molar-refractivity contribution in [3.8, 4) is 23.0 Å². The Hall–Kier alpha value is -1.07. The summed E-state index contributed by atoms with van der Waals surface area (Å²) in [5.41, 5.74) is 0.823. The molecule has 2 aliphatic heterocycles. The number of carboxylic acid groups (broad SMARTS) is 1. The summed E-state index contributed by atoms with van der Waals surface area (Å²) in [4.78, 5) is 21.6. The molecule has 0 spiro atoms. The van der Waals surface area contributed by atoms with Crippen LogP contribution in [0.2, 0.25) is 0 Å². The average Bonchev–Trinajstić information content (AvgIpc) is 3.37. The molecule has 13 heteroatoms. The van der Waals surface area contributed by atoms with E-state index in [0.29, 0.717) is 28.6 Å². The molecule has 0 aliphatic carbocycles. The number of fused-ring (bicyclic) bond motifs is 2. The molecule has 2 aliphatic rings. The molecule has 167 valence electrons. The van der Waals surface area contributed by atoms with Crippen LogP contribution in [0.25, 0.3) is 0 Å². The third-order valence-corrected chi connectivity index (χ3v) is 4.12. The van der Waals surface area contributed by atoms with Crippen LogP contribution in [0.3, 0.4) is 0 Å². The first-order valence-corrected chi connectivity index (χ1v) is 15.3. The summed E-state index contributed by atoms with van der Waals surface area (Å²) in [6.07, 6.45) is 0. The Balaban J connectivity index is 0.000000470. The van der Waals surface area contributed by atoms with Crippen LogP contribution in [0.1, 0.15) is 35.1 Å². The predicted octanol–water partition coefficient (Wildman–Crippen LogP) is 6.08. The molecular formula is C18H18BBrI2NO7S. The Morgan fingerprint density at radius 2 is 1.48 bits per heavy atom. The minimum absolute atomic E-state index is 0. The molecule has 0 unspecified atom stereocenters. The van der Waals surface area contributed by atoms with E-state index in [9.17, 15) is 9.59 Å². The summed E-state index contributed by atoms with van der Waals surface area (Å²) in [6.45, 7) is 1.91. The molecule has 0 amide bonds. The first kappa shape index (κ1) is 29.9. The molecule has 1 radical (unpaired) electrons. The van der Waals surface area contributed by atoms with Crippen LogP contribution in [0, 0.1) is 0 Å². The number of benzene rings is 2. The van der Waals surface area contributed by atoms with Gasteiger partial charge in [-0.1, -0.05) is 7.43 Å².